The Kier molecular flexibility index (Phi) is 43.3. The number of aromatic nitrogens is 1. The third-order valence-electron chi connectivity index (χ3n) is 18.5. The highest BCUT2D eigenvalue weighted by atomic mass is 16.4. The molecule has 0 unspecified atom stereocenters. The van der Waals surface area contributed by atoms with Crippen LogP contribution in [0.3, 0.4) is 0 Å². The highest BCUT2D eigenvalue weighted by Gasteiger charge is 2.39. The second kappa shape index (κ2) is 51.1. The van der Waals surface area contributed by atoms with Gasteiger partial charge < -0.3 is 129 Å². The van der Waals surface area contributed by atoms with Gasteiger partial charge in [0.25, 0.3) is 0 Å². The average Bonchev–Trinajstić information content (AvgIpc) is 1.71. The number of carboxylic acid groups (broad SMARTS) is 2. The molecule has 3 aromatic rings. The van der Waals surface area contributed by atoms with Crippen LogP contribution in [0.2, 0.25) is 0 Å². The first-order valence-corrected chi connectivity index (χ1v) is 38.8. The standard InChI is InChI=1S/C76H116N20O23/c1-37(2)29-50(68(110)84-40(7)76(118)119)89-66(108)48(22-26-59(81)101)88-73(115)56(36-98)95-75(117)62(39(5)6)96-72(114)53(32-42-34-83-45-19-12-11-17-43(42)45)92-74(116)55(35-97)94-70(112)52(31-41-15-9-8-10-16-41)91-67(109)47(21-25-58(80)100)86-64(106)49(23-27-61(103)104)87-71(113)54(33-60(82)102)93-69(111)51(30-38(3)4)90-65(107)46(20-24-57(79)99)85-63(105)44(78)18-13-14-28-77/h8-12,15-17,19,34,37-40,44,46-56,62,83,97-98H,13-14,18,20-33,35-36,77-78H2,1-7H3,(H2,79,99)(H2,80,100)(H2,81,101)(H2,82,102)(H,84,110)(H,85,105)(H,86,106)(H,87,113)(H,88,115)(H,89,108)(H,90,107)(H,91,109)(H,92,116)(H,93,111)(H,94,112)(H,95,117)(H,96,114)(H,103,104)(H,118,119)/t40-,44-,46-,47-,48-,49-,50-,51-,52-,53-,54-,55-,56-,62-/m0/s1. The predicted molar refractivity (Wildman–Crippen MR) is 425 cm³/mol. The fourth-order valence-electron chi connectivity index (χ4n) is 12.0. The molecule has 0 aliphatic carbocycles. The molecule has 43 nitrogen and oxygen atoms in total. The molecule has 3 rings (SSSR count). The predicted octanol–water partition coefficient (Wildman–Crippen LogP) is -6.91. The van der Waals surface area contributed by atoms with Crippen LogP contribution in [0.4, 0.5) is 0 Å². The highest BCUT2D eigenvalue weighted by molar-refractivity contribution is 6.02. The molecule has 14 atom stereocenters. The van der Waals surface area contributed by atoms with Gasteiger partial charge in [-0.05, 0) is 99.8 Å². The van der Waals surface area contributed by atoms with E-state index in [2.05, 4.69) is 74.1 Å². The lowest BCUT2D eigenvalue weighted by atomic mass is 10.00. The zero-order valence-corrected chi connectivity index (χ0v) is 67.5. The number of para-hydroxylation sites is 1. The lowest BCUT2D eigenvalue weighted by Crippen LogP contribution is -2.62. The topological polar surface area (TPSA) is 734 Å². The minimum absolute atomic E-state index is 0.0186. The number of hydrogen-bond donors (Lipinski definition) is 24. The molecule has 658 valence electrons. The van der Waals surface area contributed by atoms with E-state index in [0.29, 0.717) is 41.4 Å². The van der Waals surface area contributed by atoms with Crippen LogP contribution in [0, 0.1) is 17.8 Å². The van der Waals surface area contributed by atoms with Crippen molar-refractivity contribution >= 4 is 123 Å². The van der Waals surface area contributed by atoms with Gasteiger partial charge in [0.15, 0.2) is 0 Å². The van der Waals surface area contributed by atoms with Crippen molar-refractivity contribution in [1.82, 2.24) is 74.1 Å². The Morgan fingerprint density at radius 3 is 1.17 bits per heavy atom. The number of hydrogen-bond acceptors (Lipinski definition) is 23. The fraction of sp³-hybridized carbons (Fsp3) is 0.566. The van der Waals surface area contributed by atoms with E-state index in [1.807, 2.05) is 0 Å². The minimum Gasteiger partial charge on any atom is -0.481 e. The Balaban J connectivity index is 2.01. The lowest BCUT2D eigenvalue weighted by Gasteiger charge is -2.29. The smallest absolute Gasteiger partial charge is 0.325 e. The van der Waals surface area contributed by atoms with Crippen molar-refractivity contribution in [3.8, 4) is 0 Å². The number of carboxylic acids is 2. The number of rotatable bonds is 56. The Morgan fingerprint density at radius 2 is 0.739 bits per heavy atom. The van der Waals surface area contributed by atoms with Crippen LogP contribution in [0.1, 0.15) is 149 Å². The molecule has 0 aliphatic rings. The maximum Gasteiger partial charge on any atom is 0.325 e. The summed E-state index contributed by atoms with van der Waals surface area (Å²) < 4.78 is 0. The quantitative estimate of drug-likeness (QED) is 0.0234. The molecule has 0 saturated heterocycles. The van der Waals surface area contributed by atoms with Gasteiger partial charge in [0, 0.05) is 55.6 Å². The summed E-state index contributed by atoms with van der Waals surface area (Å²) in [5, 5.41) is 72.2. The van der Waals surface area contributed by atoms with Crippen LogP contribution in [0.15, 0.2) is 60.8 Å². The van der Waals surface area contributed by atoms with E-state index >= 15 is 0 Å². The van der Waals surface area contributed by atoms with Crippen LogP contribution in [-0.2, 0) is 104 Å². The van der Waals surface area contributed by atoms with E-state index in [-0.39, 0.29) is 43.9 Å². The number of nitrogens with two attached hydrogens (primary N) is 6. The van der Waals surface area contributed by atoms with E-state index < -0.39 is 274 Å². The van der Waals surface area contributed by atoms with E-state index in [9.17, 15) is 112 Å². The van der Waals surface area contributed by atoms with Gasteiger partial charge in [0.05, 0.1) is 25.7 Å². The normalized spacial score (nSPS) is 14.7. The number of H-pyrrole nitrogens is 1. The monoisotopic (exact) mass is 1680 g/mol. The van der Waals surface area contributed by atoms with Crippen LogP contribution in [-0.4, -0.2) is 242 Å². The number of carbonyl (C=O) groups excluding carboxylic acids is 17. The van der Waals surface area contributed by atoms with Gasteiger partial charge in [-0.3, -0.25) is 91.1 Å². The molecule has 1 heterocycles. The SMILES string of the molecule is CC(C)C[C@H](NC(=O)[C@H](CCC(N)=O)NC(=O)[C@H](CO)NC(=O)[C@@H](NC(=O)[C@H](Cc1c[nH]c2ccccc12)NC(=O)[C@H](CO)NC(=O)[C@H](Cc1ccccc1)NC(=O)[C@H](CCC(N)=O)NC(=O)[C@H](CCC(=O)O)NC(=O)[C@H](CC(N)=O)NC(=O)[C@H](CC(C)C)NC(=O)[C@H](CCC(N)=O)NC(=O)[C@@H](N)CCCCN)C(C)C)C(=O)N[C@@H](C)C(=O)O. The zero-order chi connectivity index (χ0) is 89.5. The second-order valence-corrected chi connectivity index (χ2v) is 29.9. The number of primary amides is 4. The fourth-order valence-corrected chi connectivity index (χ4v) is 12.0. The number of fused-ring (bicyclic) bond motifs is 1. The molecule has 0 spiro atoms. The maximum atomic E-state index is 14.8. The number of aromatic amines is 1. The summed E-state index contributed by atoms with van der Waals surface area (Å²) in [7, 11) is 0. The number of unbranched alkanes of at least 4 members (excludes halogenated alkanes) is 1. The van der Waals surface area contributed by atoms with Crippen molar-refractivity contribution in [2.75, 3.05) is 19.8 Å². The van der Waals surface area contributed by atoms with Crippen molar-refractivity contribution in [1.29, 1.82) is 0 Å². The summed E-state index contributed by atoms with van der Waals surface area (Å²) in [4.78, 5) is 259. The largest absolute Gasteiger partial charge is 0.481 e. The first-order valence-electron chi connectivity index (χ1n) is 38.8. The maximum absolute atomic E-state index is 14.8. The summed E-state index contributed by atoms with van der Waals surface area (Å²) in [6.45, 7) is 8.84. The molecule has 0 aliphatic heterocycles. The van der Waals surface area contributed by atoms with Crippen molar-refractivity contribution in [2.45, 2.75) is 236 Å². The number of aliphatic carboxylic acids is 2. The van der Waals surface area contributed by atoms with Crippen molar-refractivity contribution in [3.63, 3.8) is 0 Å². The molecule has 0 bridgehead atoms. The summed E-state index contributed by atoms with van der Waals surface area (Å²) >= 11 is 0. The first-order chi connectivity index (χ1) is 56.0. The summed E-state index contributed by atoms with van der Waals surface area (Å²) in [6.07, 6.45) is -3.90. The van der Waals surface area contributed by atoms with Crippen LogP contribution in [0.25, 0.3) is 10.9 Å². The number of benzene rings is 2. The molecular weight excluding hydrogens is 1560 g/mol. The van der Waals surface area contributed by atoms with Crippen LogP contribution in [0.5, 0.6) is 0 Å². The number of aliphatic hydroxyl groups excluding tert-OH is 2. The van der Waals surface area contributed by atoms with E-state index in [0.717, 1.165) is 0 Å². The Morgan fingerprint density at radius 1 is 0.378 bits per heavy atom. The number of aliphatic hydroxyl groups is 2. The Hall–Kier alpha value is -12.2. The number of amides is 17. The van der Waals surface area contributed by atoms with Gasteiger partial charge in [-0.2, -0.15) is 0 Å². The van der Waals surface area contributed by atoms with Crippen molar-refractivity contribution in [2.24, 2.45) is 52.2 Å². The molecule has 2 aromatic carbocycles. The molecule has 0 saturated carbocycles. The average molecular weight is 1680 g/mol. The van der Waals surface area contributed by atoms with Gasteiger partial charge in [-0.1, -0.05) is 96.5 Å². The summed E-state index contributed by atoms with van der Waals surface area (Å²) in [5.41, 5.74) is 34.7. The van der Waals surface area contributed by atoms with Crippen molar-refractivity contribution in [3.05, 3.63) is 71.9 Å². The molecule has 119 heavy (non-hydrogen) atoms. The second-order valence-electron chi connectivity index (χ2n) is 29.9. The highest BCUT2D eigenvalue weighted by Crippen LogP contribution is 2.21. The summed E-state index contributed by atoms with van der Waals surface area (Å²) in [5.74, 6) is -22.9. The minimum atomic E-state index is -1.99. The van der Waals surface area contributed by atoms with E-state index in [1.54, 1.807) is 70.2 Å². The zero-order valence-electron chi connectivity index (χ0n) is 67.5. The molecule has 0 radical (unpaired) electrons. The van der Waals surface area contributed by atoms with Crippen LogP contribution >= 0.6 is 0 Å². The molecular formula is C76H116N20O23. The van der Waals surface area contributed by atoms with Crippen molar-refractivity contribution < 1.29 is 112 Å². The van der Waals surface area contributed by atoms with Gasteiger partial charge in [0.2, 0.25) is 100 Å². The molecule has 17 amide bonds. The van der Waals surface area contributed by atoms with Gasteiger partial charge in [-0.15, -0.1) is 0 Å². The Labute approximate surface area is 685 Å². The third-order valence-corrected chi connectivity index (χ3v) is 18.5. The van der Waals surface area contributed by atoms with Gasteiger partial charge in [-0.25, -0.2) is 0 Å². The number of nitrogens with one attached hydrogen (secondary N) is 14. The van der Waals surface area contributed by atoms with E-state index in [4.69, 9.17) is 34.4 Å². The third kappa shape index (κ3) is 36.4. The van der Waals surface area contributed by atoms with Gasteiger partial charge in [0.1, 0.15) is 78.5 Å². The number of carbonyl (C=O) groups is 19. The molecule has 43 heteroatoms. The molecule has 1 aromatic heterocycles. The van der Waals surface area contributed by atoms with E-state index in [1.165, 1.54) is 39.1 Å². The molecule has 30 N–H and O–H groups in total. The molecule has 0 fully saturated rings. The first kappa shape index (κ1) is 101. The van der Waals surface area contributed by atoms with Gasteiger partial charge >= 0.3 is 11.9 Å². The van der Waals surface area contributed by atoms with Crippen LogP contribution < -0.4 is 104 Å². The summed E-state index contributed by atoms with van der Waals surface area (Å²) in [6, 6.07) is -8.81. The lowest BCUT2D eigenvalue weighted by molar-refractivity contribution is -0.142. The Bertz CT molecular complexity index is 4030.